The molecule has 1 N–H and O–H groups in total. The molecule has 0 fully saturated rings. The van der Waals surface area contributed by atoms with Gasteiger partial charge < -0.3 is 0 Å². The summed E-state index contributed by atoms with van der Waals surface area (Å²) in [6, 6.07) is 97.5. The molecule has 61 heavy (non-hydrogen) atoms. The average molecular weight is 878 g/mol. The normalized spacial score (nSPS) is 10.3. The molecule has 7 heteroatoms. The number of hydrogen-bond acceptors (Lipinski definition) is 2. The van der Waals surface area contributed by atoms with Crippen LogP contribution in [0.2, 0.25) is 0 Å². The van der Waals surface area contributed by atoms with E-state index in [1.165, 1.54) is 46.7 Å². The van der Waals surface area contributed by atoms with E-state index in [2.05, 4.69) is 273 Å². The predicted octanol–water partition coefficient (Wildman–Crippen LogP) is 5.81. The van der Waals surface area contributed by atoms with E-state index in [9.17, 15) is 0 Å². The minimum Gasteiger partial charge on any atom is -0.0624 e. The second-order valence-corrected chi connectivity index (χ2v) is 21.8. The number of benzene rings is 9. The van der Waals surface area contributed by atoms with Gasteiger partial charge in [-0.25, -0.2) is 0 Å². The molecule has 3 nitrogen and oxygen atoms in total. The maximum Gasteiger partial charge on any atom is 0.154 e. The first-order valence-corrected chi connectivity index (χ1v) is 26.3. The number of hydrogen-bond donors (Lipinski definition) is 1. The Morgan fingerprint density at radius 1 is 0.213 bits per heavy atom. The van der Waals surface area contributed by atoms with Crippen molar-refractivity contribution in [3.05, 3.63) is 273 Å². The molecule has 9 aromatic carbocycles. The third kappa shape index (κ3) is 13.9. The first-order chi connectivity index (χ1) is 30.1. The van der Waals surface area contributed by atoms with E-state index in [0.29, 0.717) is 0 Å². The molecule has 0 aliphatic carbocycles. The zero-order valence-electron chi connectivity index (χ0n) is 33.7. The van der Waals surface area contributed by atoms with Gasteiger partial charge in [0, 0.05) is 0 Å². The molecule has 9 aromatic rings. The molecule has 3 radical (unpaired) electrons. The first-order valence-electron chi connectivity index (χ1n) is 20.0. The van der Waals surface area contributed by atoms with Gasteiger partial charge in [-0.15, -0.1) is 0 Å². The van der Waals surface area contributed by atoms with Gasteiger partial charge in [0.25, 0.3) is 0 Å². The van der Waals surface area contributed by atoms with Gasteiger partial charge in [-0.2, -0.15) is 0 Å². The van der Waals surface area contributed by atoms with Crippen LogP contribution in [0, 0.1) is 0 Å². The van der Waals surface area contributed by atoms with Gasteiger partial charge in [-0.3, -0.25) is 0 Å². The van der Waals surface area contributed by atoms with E-state index < -0.39 is 41.8 Å². The van der Waals surface area contributed by atoms with Gasteiger partial charge in [-0.05, 0) is 0 Å². The molecule has 0 bridgehead atoms. The molecule has 9 rings (SSSR count). The summed E-state index contributed by atoms with van der Waals surface area (Å²) < 4.78 is 24.4. The van der Waals surface area contributed by atoms with E-state index >= 15 is 0 Å². The fraction of sp³-hybridized carbons (Fsp3) is 0. The fourth-order valence-corrected chi connectivity index (χ4v) is 14.7. The Labute approximate surface area is 370 Å². The van der Waals surface area contributed by atoms with Crippen molar-refractivity contribution >= 4 is 73.1 Å². The van der Waals surface area contributed by atoms with Crippen LogP contribution in [0.5, 0.6) is 0 Å². The van der Waals surface area contributed by atoms with Crippen molar-refractivity contribution in [2.75, 3.05) is 0 Å². The summed E-state index contributed by atoms with van der Waals surface area (Å²) in [6.45, 7) is 0. The van der Waals surface area contributed by atoms with Gasteiger partial charge in [0.05, 0.1) is 0 Å². The van der Waals surface area contributed by atoms with E-state index in [4.69, 9.17) is 11.4 Å². The molecule has 0 spiro atoms. The summed E-state index contributed by atoms with van der Waals surface area (Å²) in [7, 11) is -2.63. The van der Waals surface area contributed by atoms with Crippen molar-refractivity contribution in [3.63, 3.8) is 0 Å². The standard InChI is InChI=1S/3C18H15Si.H2O.2O.V/c3*1-4-10-16(11-5-1)19(17-12-6-2-7-13-17)18-14-8-3-9-15-18;;;;/h3*1-15H;1H2;;;/q;;;;;;+1/p-1. The minimum atomic E-state index is -3.69. The van der Waals surface area contributed by atoms with Crippen LogP contribution in [0.4, 0.5) is 0 Å². The third-order valence-electron chi connectivity index (χ3n) is 9.56. The monoisotopic (exact) mass is 877 g/mol. The van der Waals surface area contributed by atoms with Crippen molar-refractivity contribution in [1.29, 1.82) is 0 Å². The molecule has 0 aromatic heterocycles. The summed E-state index contributed by atoms with van der Waals surface area (Å²) in [5.41, 5.74) is 0. The fourth-order valence-electron chi connectivity index (χ4n) is 6.94. The SMILES string of the molecule is [O]=[V](=[O])[OH].c1ccc([Si](c2ccccc2)c2ccccc2)cc1.c1ccc([Si](c2ccccc2)c2ccccc2)cc1.c1ccc([Si](c2ccccc2)c2ccccc2)cc1. The van der Waals surface area contributed by atoms with Gasteiger partial charge in [0.2, 0.25) is 0 Å². The van der Waals surface area contributed by atoms with Crippen LogP contribution in [0.15, 0.2) is 273 Å². The maximum absolute atomic E-state index is 8.67. The van der Waals surface area contributed by atoms with E-state index in [0.717, 1.165) is 0 Å². The van der Waals surface area contributed by atoms with E-state index in [-0.39, 0.29) is 0 Å². The summed E-state index contributed by atoms with van der Waals surface area (Å²) in [5.74, 6) is 0. The van der Waals surface area contributed by atoms with Crippen LogP contribution < -0.4 is 46.7 Å². The van der Waals surface area contributed by atoms with Gasteiger partial charge >= 0.3 is 26.8 Å². The molecular formula is C54H46O3Si3V. The molecular weight excluding hydrogens is 832 g/mol. The van der Waals surface area contributed by atoms with Gasteiger partial charge in [0.1, 0.15) is 0 Å². The summed E-state index contributed by atoms with van der Waals surface area (Å²) in [5, 5.41) is 12.9. The molecule has 0 heterocycles. The summed E-state index contributed by atoms with van der Waals surface area (Å²) >= 11 is -3.69. The third-order valence-corrected chi connectivity index (χ3v) is 17.8. The van der Waals surface area contributed by atoms with Crippen LogP contribution in [0.3, 0.4) is 0 Å². The molecule has 0 atom stereocenters. The second-order valence-electron chi connectivity index (χ2n) is 13.7. The Morgan fingerprint density at radius 2 is 0.295 bits per heavy atom. The van der Waals surface area contributed by atoms with Crippen molar-refractivity contribution in [3.8, 4) is 0 Å². The van der Waals surface area contributed by atoms with Crippen molar-refractivity contribution in [1.82, 2.24) is 0 Å². The van der Waals surface area contributed by atoms with E-state index in [1.54, 1.807) is 0 Å². The zero-order chi connectivity index (χ0) is 42.3. The maximum atomic E-state index is 8.67. The van der Waals surface area contributed by atoms with Gasteiger partial charge in [0.15, 0.2) is 26.4 Å². The minimum absolute atomic E-state index is 0.877. The molecule has 297 valence electrons. The Hall–Kier alpha value is -6.22. The molecule has 0 aliphatic rings. The topological polar surface area (TPSA) is 54.4 Å². The van der Waals surface area contributed by atoms with Crippen LogP contribution in [0.1, 0.15) is 0 Å². The second kappa shape index (κ2) is 24.8. The summed E-state index contributed by atoms with van der Waals surface area (Å²) in [4.78, 5) is 0. The Balaban J connectivity index is 0.000000146. The molecule has 0 amide bonds. The molecule has 0 aliphatic heterocycles. The van der Waals surface area contributed by atoms with Crippen LogP contribution in [-0.4, -0.2) is 30.4 Å². The molecule has 0 saturated carbocycles. The Kier molecular flexibility index (Phi) is 18.0. The van der Waals surface area contributed by atoms with Crippen molar-refractivity contribution < 1.29 is 26.8 Å². The first kappa shape index (κ1) is 44.3. The Bertz CT molecular complexity index is 2040. The molecule has 0 saturated heterocycles. The van der Waals surface area contributed by atoms with Crippen molar-refractivity contribution in [2.45, 2.75) is 0 Å². The molecule has 0 unspecified atom stereocenters. The zero-order valence-corrected chi connectivity index (χ0v) is 38.1. The Morgan fingerprint density at radius 3 is 0.377 bits per heavy atom. The van der Waals surface area contributed by atoms with Crippen molar-refractivity contribution in [2.24, 2.45) is 0 Å². The quantitative estimate of drug-likeness (QED) is 0.147. The van der Waals surface area contributed by atoms with Crippen LogP contribution in [-0.2, 0) is 22.7 Å². The predicted molar refractivity (Wildman–Crippen MR) is 256 cm³/mol. The van der Waals surface area contributed by atoms with Crippen LogP contribution in [0.25, 0.3) is 0 Å². The number of rotatable bonds is 9. The average Bonchev–Trinajstić information content (AvgIpc) is 3.33. The summed E-state index contributed by atoms with van der Waals surface area (Å²) in [6.07, 6.45) is 0. The van der Waals surface area contributed by atoms with E-state index in [1.807, 2.05) is 0 Å². The largest absolute Gasteiger partial charge is 0.154 e. The smallest absolute Gasteiger partial charge is 0.0624 e. The van der Waals surface area contributed by atoms with Gasteiger partial charge in [-0.1, -0.05) is 320 Å². The van der Waals surface area contributed by atoms with Crippen LogP contribution >= 0.6 is 0 Å².